The van der Waals surface area contributed by atoms with E-state index < -0.39 is 5.60 Å². The fraction of sp³-hybridized carbons (Fsp3) is 0.500. The third-order valence-electron chi connectivity index (χ3n) is 1.76. The fourth-order valence-corrected chi connectivity index (χ4v) is 1.30. The first-order valence-electron chi connectivity index (χ1n) is 4.24. The average Bonchev–Trinajstić information content (AvgIpc) is 2.04. The lowest BCUT2D eigenvalue weighted by atomic mass is 9.99. The molecule has 0 aliphatic rings. The molecule has 72 valence electrons. The van der Waals surface area contributed by atoms with Crippen LogP contribution in [0, 0.1) is 0 Å². The van der Waals surface area contributed by atoms with Gasteiger partial charge in [-0.05, 0) is 18.6 Å². The molecule has 0 amide bonds. The van der Waals surface area contributed by atoms with Crippen LogP contribution in [-0.4, -0.2) is 29.4 Å². The van der Waals surface area contributed by atoms with E-state index in [0.29, 0.717) is 13.0 Å². The molecular weight excluding hydrogens is 166 g/mol. The number of methoxy groups -OCH3 is 1. The first kappa shape index (κ1) is 10.2. The van der Waals surface area contributed by atoms with Crippen molar-refractivity contribution in [2.45, 2.75) is 18.9 Å². The highest BCUT2D eigenvalue weighted by Gasteiger charge is 2.20. The Bertz CT molecular complexity index is 246. The van der Waals surface area contributed by atoms with Gasteiger partial charge in [-0.2, -0.15) is 0 Å². The molecule has 0 saturated heterocycles. The summed E-state index contributed by atoms with van der Waals surface area (Å²) in [5.41, 5.74) is 0.210. The first-order valence-corrected chi connectivity index (χ1v) is 4.24. The van der Waals surface area contributed by atoms with E-state index in [1.807, 2.05) is 12.1 Å². The topological polar surface area (TPSA) is 42.4 Å². The summed E-state index contributed by atoms with van der Waals surface area (Å²) in [4.78, 5) is 3.98. The molecule has 13 heavy (non-hydrogen) atoms. The van der Waals surface area contributed by atoms with Crippen LogP contribution in [0.1, 0.15) is 12.5 Å². The van der Waals surface area contributed by atoms with Gasteiger partial charge in [0.25, 0.3) is 0 Å². The predicted octanol–water partition coefficient (Wildman–Crippen LogP) is 1.02. The summed E-state index contributed by atoms with van der Waals surface area (Å²) in [7, 11) is 1.58. The van der Waals surface area contributed by atoms with E-state index in [1.54, 1.807) is 26.4 Å². The van der Waals surface area contributed by atoms with Crippen LogP contribution in [0.3, 0.4) is 0 Å². The van der Waals surface area contributed by atoms with E-state index in [-0.39, 0.29) is 0 Å². The van der Waals surface area contributed by atoms with E-state index in [9.17, 15) is 5.11 Å². The second-order valence-electron chi connectivity index (χ2n) is 3.47. The second kappa shape index (κ2) is 4.35. The maximum absolute atomic E-state index is 9.82. The lowest BCUT2D eigenvalue weighted by Crippen LogP contribution is -2.32. The number of nitrogens with zero attached hydrogens (tertiary/aromatic N) is 1. The van der Waals surface area contributed by atoms with E-state index in [0.717, 1.165) is 5.56 Å². The zero-order valence-electron chi connectivity index (χ0n) is 8.03. The standard InChI is InChI=1S/C10H15NO2/c1-10(12,8-13-2)6-9-4-3-5-11-7-9/h3-5,7,12H,6,8H2,1-2H3. The molecule has 0 saturated carbocycles. The van der Waals surface area contributed by atoms with Gasteiger partial charge in [-0.1, -0.05) is 6.07 Å². The van der Waals surface area contributed by atoms with Gasteiger partial charge in [-0.25, -0.2) is 0 Å². The molecule has 1 heterocycles. The number of aliphatic hydroxyl groups is 1. The second-order valence-corrected chi connectivity index (χ2v) is 3.47. The molecule has 0 spiro atoms. The maximum atomic E-state index is 9.82. The summed E-state index contributed by atoms with van der Waals surface area (Å²) in [6.07, 6.45) is 4.04. The minimum atomic E-state index is -0.808. The van der Waals surface area contributed by atoms with Gasteiger partial charge in [0.2, 0.25) is 0 Å². The Morgan fingerprint density at radius 2 is 2.38 bits per heavy atom. The molecule has 0 aliphatic heterocycles. The van der Waals surface area contributed by atoms with Crippen LogP contribution in [0.5, 0.6) is 0 Å². The molecule has 1 atom stereocenters. The number of ether oxygens (including phenoxy) is 1. The Hall–Kier alpha value is -0.930. The molecule has 0 radical (unpaired) electrons. The summed E-state index contributed by atoms with van der Waals surface area (Å²) < 4.78 is 4.91. The van der Waals surface area contributed by atoms with Crippen LogP contribution in [0.2, 0.25) is 0 Å². The highest BCUT2D eigenvalue weighted by Crippen LogP contribution is 2.11. The molecule has 0 aromatic carbocycles. The van der Waals surface area contributed by atoms with Crippen molar-refractivity contribution in [3.63, 3.8) is 0 Å². The maximum Gasteiger partial charge on any atom is 0.0892 e. The summed E-state index contributed by atoms with van der Waals surface area (Å²) >= 11 is 0. The first-order chi connectivity index (χ1) is 6.14. The monoisotopic (exact) mass is 181 g/mol. The zero-order chi connectivity index (χ0) is 9.73. The molecule has 1 aromatic rings. The zero-order valence-corrected chi connectivity index (χ0v) is 8.03. The van der Waals surface area contributed by atoms with Gasteiger partial charge < -0.3 is 9.84 Å². The highest BCUT2D eigenvalue weighted by atomic mass is 16.5. The Balaban J connectivity index is 2.58. The lowest BCUT2D eigenvalue weighted by Gasteiger charge is -2.21. The number of aromatic nitrogens is 1. The Morgan fingerprint density at radius 1 is 1.62 bits per heavy atom. The van der Waals surface area contributed by atoms with E-state index in [4.69, 9.17) is 4.74 Å². The van der Waals surface area contributed by atoms with Gasteiger partial charge in [0, 0.05) is 25.9 Å². The van der Waals surface area contributed by atoms with Crippen LogP contribution >= 0.6 is 0 Å². The van der Waals surface area contributed by atoms with Crippen molar-refractivity contribution < 1.29 is 9.84 Å². The van der Waals surface area contributed by atoms with Gasteiger partial charge in [-0.3, -0.25) is 4.98 Å². The van der Waals surface area contributed by atoms with Crippen molar-refractivity contribution in [1.82, 2.24) is 4.98 Å². The minimum Gasteiger partial charge on any atom is -0.387 e. The summed E-state index contributed by atoms with van der Waals surface area (Å²) in [6.45, 7) is 2.09. The largest absolute Gasteiger partial charge is 0.387 e. The van der Waals surface area contributed by atoms with Crippen LogP contribution in [-0.2, 0) is 11.2 Å². The van der Waals surface area contributed by atoms with Crippen LogP contribution in [0.15, 0.2) is 24.5 Å². The van der Waals surface area contributed by atoms with Crippen LogP contribution in [0.25, 0.3) is 0 Å². The van der Waals surface area contributed by atoms with Gasteiger partial charge in [-0.15, -0.1) is 0 Å². The molecule has 1 rings (SSSR count). The van der Waals surface area contributed by atoms with Crippen molar-refractivity contribution in [3.05, 3.63) is 30.1 Å². The number of pyridine rings is 1. The van der Waals surface area contributed by atoms with E-state index in [1.165, 1.54) is 0 Å². The summed E-state index contributed by atoms with van der Waals surface area (Å²) in [6, 6.07) is 3.80. The molecule has 0 bridgehead atoms. The third-order valence-corrected chi connectivity index (χ3v) is 1.76. The predicted molar refractivity (Wildman–Crippen MR) is 50.4 cm³/mol. The molecule has 1 N–H and O–H groups in total. The third kappa shape index (κ3) is 3.53. The van der Waals surface area contributed by atoms with Crippen molar-refractivity contribution in [2.24, 2.45) is 0 Å². The van der Waals surface area contributed by atoms with Gasteiger partial charge in [0.15, 0.2) is 0 Å². The normalized spacial score (nSPS) is 15.3. The summed E-state index contributed by atoms with van der Waals surface area (Å²) in [5.74, 6) is 0. The SMILES string of the molecule is COCC(C)(O)Cc1cccnc1. The quantitative estimate of drug-likeness (QED) is 0.754. The molecule has 0 aliphatic carbocycles. The lowest BCUT2D eigenvalue weighted by molar-refractivity contribution is -0.0161. The van der Waals surface area contributed by atoms with E-state index >= 15 is 0 Å². The summed E-state index contributed by atoms with van der Waals surface area (Å²) in [5, 5.41) is 9.82. The van der Waals surface area contributed by atoms with Crippen LogP contribution < -0.4 is 0 Å². The fourth-order valence-electron chi connectivity index (χ4n) is 1.30. The molecule has 1 aromatic heterocycles. The minimum absolute atomic E-state index is 0.335. The average molecular weight is 181 g/mol. The number of hydrogen-bond donors (Lipinski definition) is 1. The van der Waals surface area contributed by atoms with Gasteiger partial charge in [0.1, 0.15) is 0 Å². The molecule has 3 heteroatoms. The smallest absolute Gasteiger partial charge is 0.0892 e. The van der Waals surface area contributed by atoms with Gasteiger partial charge >= 0.3 is 0 Å². The van der Waals surface area contributed by atoms with Crippen molar-refractivity contribution >= 4 is 0 Å². The van der Waals surface area contributed by atoms with Crippen LogP contribution in [0.4, 0.5) is 0 Å². The Labute approximate surface area is 78.4 Å². The molecular formula is C10H15NO2. The molecule has 1 unspecified atom stereocenters. The number of hydrogen-bond acceptors (Lipinski definition) is 3. The molecule has 3 nitrogen and oxygen atoms in total. The van der Waals surface area contributed by atoms with Gasteiger partial charge in [0.05, 0.1) is 12.2 Å². The van der Waals surface area contributed by atoms with E-state index in [2.05, 4.69) is 4.98 Å². The highest BCUT2D eigenvalue weighted by molar-refractivity contribution is 5.11. The Kier molecular flexibility index (Phi) is 3.39. The molecule has 0 fully saturated rings. The Morgan fingerprint density at radius 3 is 2.92 bits per heavy atom. The van der Waals surface area contributed by atoms with Crippen molar-refractivity contribution in [1.29, 1.82) is 0 Å². The number of rotatable bonds is 4. The van der Waals surface area contributed by atoms with Crippen molar-refractivity contribution in [2.75, 3.05) is 13.7 Å². The van der Waals surface area contributed by atoms with Crippen molar-refractivity contribution in [3.8, 4) is 0 Å².